The summed E-state index contributed by atoms with van der Waals surface area (Å²) >= 11 is 5.73. The van der Waals surface area contributed by atoms with E-state index in [9.17, 15) is 27.9 Å². The van der Waals surface area contributed by atoms with Crippen LogP contribution in [0.15, 0.2) is 30.3 Å². The normalized spacial score (nSPS) is 15.0. The molecule has 3 heterocycles. The molecule has 0 saturated carbocycles. The molecule has 0 atom stereocenters. The van der Waals surface area contributed by atoms with Crippen LogP contribution in [0.5, 0.6) is 5.75 Å². The molecule has 1 fully saturated rings. The summed E-state index contributed by atoms with van der Waals surface area (Å²) in [5.41, 5.74) is 4.50. The van der Waals surface area contributed by atoms with E-state index in [0.717, 1.165) is 0 Å². The Morgan fingerprint density at radius 1 is 1.09 bits per heavy atom. The van der Waals surface area contributed by atoms with Gasteiger partial charge in [-0.25, -0.2) is 0 Å². The second-order valence-electron chi connectivity index (χ2n) is 7.35. The molecule has 14 heteroatoms. The zero-order valence-corrected chi connectivity index (χ0v) is 17.6. The largest absolute Gasteiger partial charge is 0.507 e. The lowest BCUT2D eigenvalue weighted by Gasteiger charge is -2.32. The summed E-state index contributed by atoms with van der Waals surface area (Å²) < 4.78 is 39.9. The molecular weight excluding hydrogens is 467 g/mol. The Morgan fingerprint density at radius 3 is 2.48 bits per heavy atom. The molecule has 174 valence electrons. The van der Waals surface area contributed by atoms with Crippen molar-refractivity contribution in [2.24, 2.45) is 5.92 Å². The minimum atomic E-state index is -4.69. The number of phenols is 1. The van der Waals surface area contributed by atoms with E-state index in [0.29, 0.717) is 36.3 Å². The molecule has 33 heavy (non-hydrogen) atoms. The number of halogens is 4. The summed E-state index contributed by atoms with van der Waals surface area (Å²) in [7, 11) is 0. The molecule has 10 nitrogen and oxygen atoms in total. The number of alkyl halides is 3. The summed E-state index contributed by atoms with van der Waals surface area (Å²) in [5.74, 6) is -2.78. The van der Waals surface area contributed by atoms with Gasteiger partial charge in [0.1, 0.15) is 11.6 Å². The van der Waals surface area contributed by atoms with Gasteiger partial charge in [-0.3, -0.25) is 20.4 Å². The van der Waals surface area contributed by atoms with Crippen molar-refractivity contribution in [1.29, 1.82) is 0 Å². The highest BCUT2D eigenvalue weighted by Crippen LogP contribution is 2.29. The van der Waals surface area contributed by atoms with Gasteiger partial charge in [0.2, 0.25) is 5.91 Å². The number of rotatable bonds is 3. The van der Waals surface area contributed by atoms with Crippen molar-refractivity contribution in [3.05, 3.63) is 46.7 Å². The predicted molar refractivity (Wildman–Crippen MR) is 109 cm³/mol. The van der Waals surface area contributed by atoms with Crippen molar-refractivity contribution in [3.63, 3.8) is 0 Å². The molecule has 3 aromatic rings. The first kappa shape index (κ1) is 22.6. The fourth-order valence-corrected chi connectivity index (χ4v) is 3.65. The topological polar surface area (TPSA) is 125 Å². The third-order valence-corrected chi connectivity index (χ3v) is 5.43. The minimum absolute atomic E-state index is 0.0252. The molecule has 2 amide bonds. The highest BCUT2D eigenvalue weighted by Gasteiger charge is 2.38. The lowest BCUT2D eigenvalue weighted by molar-refractivity contribution is -0.146. The van der Waals surface area contributed by atoms with Crippen LogP contribution in [0.2, 0.25) is 5.02 Å². The van der Waals surface area contributed by atoms with Crippen molar-refractivity contribution in [2.75, 3.05) is 18.0 Å². The molecule has 0 unspecified atom stereocenters. The number of nitrogens with one attached hydrogen (secondary N) is 2. The maximum atomic E-state index is 13.1. The lowest BCUT2D eigenvalue weighted by atomic mass is 9.96. The Labute approximate surface area is 189 Å². The molecule has 3 N–H and O–H groups in total. The van der Waals surface area contributed by atoms with Gasteiger partial charge in [0.25, 0.3) is 11.7 Å². The van der Waals surface area contributed by atoms with Gasteiger partial charge in [-0.1, -0.05) is 11.6 Å². The number of anilines is 1. The number of hydrazine groups is 1. The van der Waals surface area contributed by atoms with Crippen LogP contribution >= 0.6 is 11.6 Å². The first-order chi connectivity index (χ1) is 15.6. The van der Waals surface area contributed by atoms with Gasteiger partial charge in [0, 0.05) is 24.0 Å². The molecule has 4 rings (SSSR count). The van der Waals surface area contributed by atoms with Crippen molar-refractivity contribution >= 4 is 34.9 Å². The monoisotopic (exact) mass is 483 g/mol. The summed E-state index contributed by atoms with van der Waals surface area (Å²) in [6, 6.07) is 6.89. The van der Waals surface area contributed by atoms with E-state index < -0.39 is 29.7 Å². The van der Waals surface area contributed by atoms with Crippen LogP contribution in [0.1, 0.15) is 29.0 Å². The number of carbonyl (C=O) groups excluding carboxylic acids is 2. The summed E-state index contributed by atoms with van der Waals surface area (Å²) in [4.78, 5) is 26.3. The number of piperidine rings is 1. The van der Waals surface area contributed by atoms with E-state index in [-0.39, 0.29) is 22.0 Å². The van der Waals surface area contributed by atoms with Gasteiger partial charge >= 0.3 is 6.18 Å². The Morgan fingerprint density at radius 2 is 1.82 bits per heavy atom. The molecule has 1 aliphatic heterocycles. The highest BCUT2D eigenvalue weighted by molar-refractivity contribution is 6.30. The number of fused-ring (bicyclic) bond motifs is 1. The predicted octanol–water partition coefficient (Wildman–Crippen LogP) is 2.18. The number of amides is 2. The minimum Gasteiger partial charge on any atom is -0.507 e. The summed E-state index contributed by atoms with van der Waals surface area (Å²) in [5, 5.41) is 20.7. The van der Waals surface area contributed by atoms with E-state index in [1.165, 1.54) is 24.3 Å². The van der Waals surface area contributed by atoms with Crippen molar-refractivity contribution in [2.45, 2.75) is 19.0 Å². The highest BCUT2D eigenvalue weighted by atomic mass is 35.5. The van der Waals surface area contributed by atoms with E-state index >= 15 is 0 Å². The molecule has 0 radical (unpaired) electrons. The Balaban J connectivity index is 1.35. The fraction of sp³-hybridized carbons (Fsp3) is 0.316. The number of nitrogens with zero attached hydrogens (tertiary/aromatic N) is 5. The molecule has 0 spiro atoms. The third-order valence-electron chi connectivity index (χ3n) is 5.20. The van der Waals surface area contributed by atoms with E-state index in [1.807, 2.05) is 0 Å². The molecule has 1 aliphatic rings. The Kier molecular flexibility index (Phi) is 5.97. The molecule has 1 saturated heterocycles. The summed E-state index contributed by atoms with van der Waals surface area (Å²) in [6.07, 6.45) is -3.91. The molecular formula is C19H17ClF3N7O3. The van der Waals surface area contributed by atoms with E-state index in [1.54, 1.807) is 11.0 Å². The number of benzene rings is 1. The summed E-state index contributed by atoms with van der Waals surface area (Å²) in [6.45, 7) is 0.734. The average Bonchev–Trinajstić information content (AvgIpc) is 3.21. The van der Waals surface area contributed by atoms with Gasteiger partial charge in [-0.2, -0.15) is 17.7 Å². The van der Waals surface area contributed by atoms with Crippen LogP contribution in [-0.2, 0) is 11.0 Å². The fourth-order valence-electron chi connectivity index (χ4n) is 3.48. The second kappa shape index (κ2) is 8.73. The van der Waals surface area contributed by atoms with Crippen molar-refractivity contribution in [3.8, 4) is 5.75 Å². The van der Waals surface area contributed by atoms with Gasteiger partial charge in [-0.15, -0.1) is 15.3 Å². The second-order valence-corrected chi connectivity index (χ2v) is 7.79. The number of phenolic OH excluding ortho intramolecular Hbond substituents is 1. The van der Waals surface area contributed by atoms with Crippen LogP contribution in [-0.4, -0.2) is 49.8 Å². The number of hydrogen-bond donors (Lipinski definition) is 3. The Bertz CT molecular complexity index is 1210. The molecule has 1 aromatic carbocycles. The van der Waals surface area contributed by atoms with Crippen LogP contribution in [0.4, 0.5) is 19.0 Å². The zero-order valence-electron chi connectivity index (χ0n) is 16.8. The number of hydrogen-bond acceptors (Lipinski definition) is 7. The van der Waals surface area contributed by atoms with Crippen molar-refractivity contribution < 1.29 is 27.9 Å². The average molecular weight is 484 g/mol. The first-order valence-electron chi connectivity index (χ1n) is 9.77. The van der Waals surface area contributed by atoms with Gasteiger partial charge in [0.15, 0.2) is 5.65 Å². The van der Waals surface area contributed by atoms with Gasteiger partial charge in [0.05, 0.1) is 5.56 Å². The first-order valence-corrected chi connectivity index (χ1v) is 10.1. The SMILES string of the molecule is O=C(NNC(=O)C1CCN(c2ccc3nnc(C(F)(F)F)n3n2)CC1)c1ccc(Cl)cc1O. The van der Waals surface area contributed by atoms with Crippen molar-refractivity contribution in [1.82, 2.24) is 30.7 Å². The van der Waals surface area contributed by atoms with Crippen LogP contribution in [0.3, 0.4) is 0 Å². The maximum Gasteiger partial charge on any atom is 0.453 e. The number of aromatic hydroxyl groups is 1. The Hall–Kier alpha value is -3.61. The molecule has 0 bridgehead atoms. The van der Waals surface area contributed by atoms with Crippen LogP contribution in [0.25, 0.3) is 5.65 Å². The number of carbonyl (C=O) groups is 2. The standard InChI is InChI=1S/C19H17ClF3N7O3/c20-11-1-2-12(13(31)9-11)17(33)26-25-16(32)10-5-7-29(8-6-10)15-4-3-14-24-27-18(19(21,22)23)30(14)28-15/h1-4,9-10,31H,5-8H2,(H,25,32)(H,26,33). The van der Waals surface area contributed by atoms with E-state index in [4.69, 9.17) is 11.6 Å². The van der Waals surface area contributed by atoms with Gasteiger partial charge < -0.3 is 10.0 Å². The zero-order chi connectivity index (χ0) is 23.8. The smallest absolute Gasteiger partial charge is 0.453 e. The van der Waals surface area contributed by atoms with E-state index in [2.05, 4.69) is 26.1 Å². The van der Waals surface area contributed by atoms with Crippen LogP contribution in [0, 0.1) is 5.92 Å². The lowest BCUT2D eigenvalue weighted by Crippen LogP contribution is -2.47. The van der Waals surface area contributed by atoms with Gasteiger partial charge in [-0.05, 0) is 43.2 Å². The quantitative estimate of drug-likeness (QED) is 0.488. The number of aromatic nitrogens is 4. The molecule has 2 aromatic heterocycles. The third kappa shape index (κ3) is 4.77. The molecule has 0 aliphatic carbocycles. The van der Waals surface area contributed by atoms with Crippen LogP contribution < -0.4 is 15.8 Å². The maximum absolute atomic E-state index is 13.1.